The van der Waals surface area contributed by atoms with Gasteiger partial charge in [0.15, 0.2) is 5.11 Å². The molecule has 102 valence electrons. The van der Waals surface area contributed by atoms with E-state index < -0.39 is 0 Å². The zero-order valence-electron chi connectivity index (χ0n) is 11.6. The summed E-state index contributed by atoms with van der Waals surface area (Å²) in [6, 6.07) is 18.0. The summed E-state index contributed by atoms with van der Waals surface area (Å²) < 4.78 is 0. The van der Waals surface area contributed by atoms with Crippen LogP contribution in [-0.4, -0.2) is 10.8 Å². The lowest BCUT2D eigenvalue weighted by Crippen LogP contribution is -2.24. The van der Waals surface area contributed by atoms with Gasteiger partial charge in [-0.3, -0.25) is 5.43 Å². The van der Waals surface area contributed by atoms with Gasteiger partial charge in [0.25, 0.3) is 0 Å². The first-order chi connectivity index (χ1) is 9.65. The molecule has 0 aliphatic carbocycles. The van der Waals surface area contributed by atoms with Crippen LogP contribution >= 0.6 is 12.2 Å². The molecule has 2 N–H and O–H groups in total. The molecular weight excluding hydrogens is 266 g/mol. The molecule has 0 amide bonds. The van der Waals surface area contributed by atoms with E-state index in [9.17, 15) is 0 Å². The Balaban J connectivity index is 1.93. The lowest BCUT2D eigenvalue weighted by atomic mass is 10.1. The maximum atomic E-state index is 5.21. The number of benzene rings is 2. The number of hydrogen-bond acceptors (Lipinski definition) is 2. The van der Waals surface area contributed by atoms with E-state index in [1.54, 1.807) is 0 Å². The molecule has 0 aliphatic heterocycles. The molecule has 0 bridgehead atoms. The summed E-state index contributed by atoms with van der Waals surface area (Å²) in [6.07, 6.45) is 0. The van der Waals surface area contributed by atoms with E-state index in [1.807, 2.05) is 68.4 Å². The van der Waals surface area contributed by atoms with Crippen molar-refractivity contribution in [3.63, 3.8) is 0 Å². The van der Waals surface area contributed by atoms with Gasteiger partial charge < -0.3 is 5.32 Å². The Bertz CT molecular complexity index is 603. The summed E-state index contributed by atoms with van der Waals surface area (Å²) in [5.74, 6) is 0. The van der Waals surface area contributed by atoms with Crippen molar-refractivity contribution < 1.29 is 0 Å². The lowest BCUT2D eigenvalue weighted by Gasteiger charge is -2.08. The third-order valence-corrected chi connectivity index (χ3v) is 3.02. The van der Waals surface area contributed by atoms with Gasteiger partial charge in [-0.1, -0.05) is 48.0 Å². The molecule has 0 fully saturated rings. The fourth-order valence-corrected chi connectivity index (χ4v) is 1.84. The molecule has 2 aromatic rings. The van der Waals surface area contributed by atoms with Gasteiger partial charge in [0.05, 0.1) is 5.71 Å². The van der Waals surface area contributed by atoms with E-state index >= 15 is 0 Å². The van der Waals surface area contributed by atoms with Gasteiger partial charge in [-0.15, -0.1) is 0 Å². The molecule has 0 atom stereocenters. The Hall–Kier alpha value is -2.20. The topological polar surface area (TPSA) is 36.4 Å². The SMILES string of the molecule is C/C(=N/NC(=S)Nc1ccc(C)cc1)c1ccccc1. The summed E-state index contributed by atoms with van der Waals surface area (Å²) in [5, 5.41) is 7.84. The maximum absolute atomic E-state index is 5.21. The molecule has 0 aromatic heterocycles. The van der Waals surface area contributed by atoms with Crippen LogP contribution < -0.4 is 10.7 Å². The van der Waals surface area contributed by atoms with Gasteiger partial charge >= 0.3 is 0 Å². The van der Waals surface area contributed by atoms with Crippen molar-refractivity contribution in [2.24, 2.45) is 5.10 Å². The van der Waals surface area contributed by atoms with Gasteiger partial charge in [-0.2, -0.15) is 5.10 Å². The van der Waals surface area contributed by atoms with Crippen LogP contribution in [0.5, 0.6) is 0 Å². The van der Waals surface area contributed by atoms with E-state index in [2.05, 4.69) is 15.8 Å². The molecule has 0 saturated heterocycles. The fraction of sp³-hybridized carbons (Fsp3) is 0.125. The van der Waals surface area contributed by atoms with Crippen LogP contribution in [0.2, 0.25) is 0 Å². The summed E-state index contributed by atoms with van der Waals surface area (Å²) >= 11 is 5.21. The second-order valence-corrected chi connectivity index (χ2v) is 4.90. The Morgan fingerprint density at radius 3 is 2.30 bits per heavy atom. The molecule has 0 unspecified atom stereocenters. The van der Waals surface area contributed by atoms with Crippen LogP contribution in [0, 0.1) is 6.92 Å². The number of hydrazone groups is 1. The van der Waals surface area contributed by atoms with Gasteiger partial charge in [0.2, 0.25) is 0 Å². The Labute approximate surface area is 124 Å². The fourth-order valence-electron chi connectivity index (χ4n) is 1.67. The highest BCUT2D eigenvalue weighted by Crippen LogP contribution is 2.08. The van der Waals surface area contributed by atoms with Crippen molar-refractivity contribution in [1.29, 1.82) is 0 Å². The second kappa shape index (κ2) is 6.82. The summed E-state index contributed by atoms with van der Waals surface area (Å²) in [6.45, 7) is 3.99. The molecule has 20 heavy (non-hydrogen) atoms. The number of nitrogens with one attached hydrogen (secondary N) is 2. The van der Waals surface area contributed by atoms with Crippen LogP contribution in [-0.2, 0) is 0 Å². The first-order valence-corrected chi connectivity index (χ1v) is 6.79. The maximum Gasteiger partial charge on any atom is 0.191 e. The second-order valence-electron chi connectivity index (χ2n) is 4.50. The van der Waals surface area contributed by atoms with Crippen molar-refractivity contribution in [2.45, 2.75) is 13.8 Å². The number of hydrogen-bond donors (Lipinski definition) is 2. The van der Waals surface area contributed by atoms with E-state index in [-0.39, 0.29) is 0 Å². The van der Waals surface area contributed by atoms with Crippen molar-refractivity contribution in [1.82, 2.24) is 5.43 Å². The van der Waals surface area contributed by atoms with Crippen LogP contribution in [0.4, 0.5) is 5.69 Å². The van der Waals surface area contributed by atoms with Crippen LogP contribution in [0.3, 0.4) is 0 Å². The predicted octanol–water partition coefficient (Wildman–Crippen LogP) is 3.71. The Morgan fingerprint density at radius 2 is 1.65 bits per heavy atom. The Morgan fingerprint density at radius 1 is 1.00 bits per heavy atom. The molecule has 0 saturated carbocycles. The normalized spacial score (nSPS) is 11.0. The smallest absolute Gasteiger partial charge is 0.191 e. The number of aryl methyl sites for hydroxylation is 1. The van der Waals surface area contributed by atoms with Crippen molar-refractivity contribution in [3.05, 3.63) is 65.7 Å². The minimum Gasteiger partial charge on any atom is -0.331 e. The summed E-state index contributed by atoms with van der Waals surface area (Å²) in [5.41, 5.74) is 6.97. The quantitative estimate of drug-likeness (QED) is 0.512. The van der Waals surface area contributed by atoms with Gasteiger partial charge in [0.1, 0.15) is 0 Å². The zero-order valence-corrected chi connectivity index (χ0v) is 12.4. The monoisotopic (exact) mass is 283 g/mol. The molecule has 2 rings (SSSR count). The minimum absolute atomic E-state index is 0.476. The molecule has 0 heterocycles. The number of nitrogens with zero attached hydrogens (tertiary/aromatic N) is 1. The average Bonchev–Trinajstić information content (AvgIpc) is 2.48. The lowest BCUT2D eigenvalue weighted by molar-refractivity contribution is 1.04. The van der Waals surface area contributed by atoms with Crippen molar-refractivity contribution in [2.75, 3.05) is 5.32 Å². The van der Waals surface area contributed by atoms with Gasteiger partial charge in [-0.25, -0.2) is 0 Å². The number of thiocarbonyl (C=S) groups is 1. The predicted molar refractivity (Wildman–Crippen MR) is 89.2 cm³/mol. The third-order valence-electron chi connectivity index (χ3n) is 2.83. The van der Waals surface area contributed by atoms with Crippen LogP contribution in [0.15, 0.2) is 59.7 Å². The first-order valence-electron chi connectivity index (χ1n) is 6.38. The summed E-state index contributed by atoms with van der Waals surface area (Å²) in [4.78, 5) is 0. The molecule has 0 spiro atoms. The first kappa shape index (κ1) is 14.2. The van der Waals surface area contributed by atoms with Crippen LogP contribution in [0.25, 0.3) is 0 Å². The summed E-state index contributed by atoms with van der Waals surface area (Å²) in [7, 11) is 0. The largest absolute Gasteiger partial charge is 0.331 e. The van der Waals surface area contributed by atoms with Crippen molar-refractivity contribution >= 4 is 28.7 Å². The van der Waals surface area contributed by atoms with Crippen molar-refractivity contribution in [3.8, 4) is 0 Å². The highest BCUT2D eigenvalue weighted by atomic mass is 32.1. The average molecular weight is 283 g/mol. The number of anilines is 1. The Kier molecular flexibility index (Phi) is 4.85. The van der Waals surface area contributed by atoms with E-state index in [0.717, 1.165) is 17.0 Å². The van der Waals surface area contributed by atoms with Gasteiger partial charge in [-0.05, 0) is 43.8 Å². The highest BCUT2D eigenvalue weighted by molar-refractivity contribution is 7.80. The van der Waals surface area contributed by atoms with Crippen LogP contribution in [0.1, 0.15) is 18.1 Å². The van der Waals surface area contributed by atoms with E-state index in [1.165, 1.54) is 5.56 Å². The number of rotatable bonds is 3. The highest BCUT2D eigenvalue weighted by Gasteiger charge is 1.98. The molecule has 2 aromatic carbocycles. The minimum atomic E-state index is 0.476. The zero-order chi connectivity index (χ0) is 14.4. The molecule has 0 radical (unpaired) electrons. The molecule has 4 heteroatoms. The molecule has 3 nitrogen and oxygen atoms in total. The molecular formula is C16H17N3S. The van der Waals surface area contributed by atoms with Gasteiger partial charge in [0, 0.05) is 5.69 Å². The van der Waals surface area contributed by atoms with E-state index in [4.69, 9.17) is 12.2 Å². The van der Waals surface area contributed by atoms with E-state index in [0.29, 0.717) is 5.11 Å². The standard InChI is InChI=1S/C16H17N3S/c1-12-8-10-15(11-9-12)17-16(20)19-18-13(2)14-6-4-3-5-7-14/h3-11H,1-2H3,(H2,17,19,20)/b18-13-. The third kappa shape index (κ3) is 4.17. The molecule has 0 aliphatic rings.